The van der Waals surface area contributed by atoms with Gasteiger partial charge in [-0.25, -0.2) is 0 Å². The Morgan fingerprint density at radius 2 is 1.64 bits per heavy atom. The van der Waals surface area contributed by atoms with Crippen LogP contribution in [-0.4, -0.2) is 53.8 Å². The standard InChI is InChI=1S/C11H23N3/c1-10(12)9-13-5-7-14(8-6-13)11(2,3)4/h12H,5-9H2,1-4H3. The normalized spacial score (nSPS) is 21.1. The molecular formula is C11H23N3. The Hall–Kier alpha value is -0.410. The van der Waals surface area contributed by atoms with Crippen LogP contribution in [0.25, 0.3) is 0 Å². The van der Waals surface area contributed by atoms with Crippen LogP contribution in [0.15, 0.2) is 0 Å². The maximum Gasteiger partial charge on any atom is 0.0359 e. The summed E-state index contributed by atoms with van der Waals surface area (Å²) in [5.41, 5.74) is 1.07. The molecule has 1 heterocycles. The molecule has 1 saturated heterocycles. The fourth-order valence-electron chi connectivity index (χ4n) is 1.91. The smallest absolute Gasteiger partial charge is 0.0359 e. The third kappa shape index (κ3) is 3.39. The molecule has 0 amide bonds. The second-order valence-electron chi connectivity index (χ2n) is 5.21. The molecule has 0 aromatic rings. The van der Waals surface area contributed by atoms with Crippen LogP contribution in [0, 0.1) is 5.41 Å². The van der Waals surface area contributed by atoms with Crippen molar-refractivity contribution in [1.82, 2.24) is 9.80 Å². The first kappa shape index (κ1) is 11.7. The molecule has 1 rings (SSSR count). The Morgan fingerprint density at radius 1 is 1.14 bits per heavy atom. The van der Waals surface area contributed by atoms with E-state index in [9.17, 15) is 0 Å². The Morgan fingerprint density at radius 3 is 2.00 bits per heavy atom. The van der Waals surface area contributed by atoms with Gasteiger partial charge in [0.1, 0.15) is 0 Å². The topological polar surface area (TPSA) is 30.3 Å². The lowest BCUT2D eigenvalue weighted by Crippen LogP contribution is -2.53. The quantitative estimate of drug-likeness (QED) is 0.679. The van der Waals surface area contributed by atoms with Crippen LogP contribution in [0.4, 0.5) is 0 Å². The summed E-state index contributed by atoms with van der Waals surface area (Å²) < 4.78 is 0. The third-order valence-corrected chi connectivity index (χ3v) is 2.78. The summed E-state index contributed by atoms with van der Waals surface area (Å²) >= 11 is 0. The van der Waals surface area contributed by atoms with Gasteiger partial charge in [-0.1, -0.05) is 0 Å². The van der Waals surface area contributed by atoms with E-state index in [0.29, 0.717) is 5.54 Å². The fourth-order valence-corrected chi connectivity index (χ4v) is 1.91. The molecule has 0 aromatic heterocycles. The summed E-state index contributed by atoms with van der Waals surface area (Å²) in [7, 11) is 0. The fraction of sp³-hybridized carbons (Fsp3) is 0.909. The van der Waals surface area contributed by atoms with Crippen molar-refractivity contribution >= 4 is 5.71 Å². The first-order chi connectivity index (χ1) is 6.39. The molecule has 0 aromatic carbocycles. The van der Waals surface area contributed by atoms with E-state index in [1.54, 1.807) is 0 Å². The van der Waals surface area contributed by atoms with E-state index in [0.717, 1.165) is 38.4 Å². The minimum absolute atomic E-state index is 0.297. The second-order valence-corrected chi connectivity index (χ2v) is 5.21. The molecule has 3 heteroatoms. The maximum absolute atomic E-state index is 7.45. The van der Waals surface area contributed by atoms with Gasteiger partial charge < -0.3 is 5.41 Å². The van der Waals surface area contributed by atoms with Crippen molar-refractivity contribution in [2.45, 2.75) is 33.2 Å². The molecule has 1 N–H and O–H groups in total. The van der Waals surface area contributed by atoms with E-state index in [-0.39, 0.29) is 0 Å². The van der Waals surface area contributed by atoms with Crippen molar-refractivity contribution in [2.75, 3.05) is 32.7 Å². The molecule has 0 aliphatic carbocycles. The van der Waals surface area contributed by atoms with Gasteiger partial charge >= 0.3 is 0 Å². The number of hydrogen-bond donors (Lipinski definition) is 1. The van der Waals surface area contributed by atoms with Gasteiger partial charge in [-0.05, 0) is 27.7 Å². The van der Waals surface area contributed by atoms with Gasteiger partial charge in [-0.15, -0.1) is 0 Å². The summed E-state index contributed by atoms with van der Waals surface area (Å²) in [5.74, 6) is 0. The van der Waals surface area contributed by atoms with Gasteiger partial charge in [0, 0.05) is 44.0 Å². The number of nitrogens with one attached hydrogen (secondary N) is 1. The SMILES string of the molecule is CC(=N)CN1CCN(C(C)(C)C)CC1. The highest BCUT2D eigenvalue weighted by Crippen LogP contribution is 2.15. The molecule has 3 nitrogen and oxygen atoms in total. The van der Waals surface area contributed by atoms with Gasteiger partial charge in [0.2, 0.25) is 0 Å². The number of nitrogens with zero attached hydrogens (tertiary/aromatic N) is 2. The van der Waals surface area contributed by atoms with Crippen molar-refractivity contribution in [1.29, 1.82) is 5.41 Å². The van der Waals surface area contributed by atoms with E-state index < -0.39 is 0 Å². The van der Waals surface area contributed by atoms with Crippen molar-refractivity contribution in [3.63, 3.8) is 0 Å². The van der Waals surface area contributed by atoms with Crippen LogP contribution in [-0.2, 0) is 0 Å². The highest BCUT2D eigenvalue weighted by Gasteiger charge is 2.25. The lowest BCUT2D eigenvalue weighted by molar-refractivity contribution is 0.0690. The average molecular weight is 197 g/mol. The molecule has 0 saturated carbocycles. The zero-order valence-electron chi connectivity index (χ0n) is 9.93. The zero-order valence-corrected chi connectivity index (χ0v) is 9.93. The molecule has 82 valence electrons. The van der Waals surface area contributed by atoms with E-state index in [1.165, 1.54) is 0 Å². The molecule has 0 spiro atoms. The van der Waals surface area contributed by atoms with Gasteiger partial charge in [0.25, 0.3) is 0 Å². The van der Waals surface area contributed by atoms with Crippen LogP contribution in [0.3, 0.4) is 0 Å². The third-order valence-electron chi connectivity index (χ3n) is 2.78. The number of hydrogen-bond acceptors (Lipinski definition) is 3. The molecule has 0 bridgehead atoms. The summed E-state index contributed by atoms with van der Waals surface area (Å²) in [6, 6.07) is 0. The highest BCUT2D eigenvalue weighted by molar-refractivity contribution is 5.80. The van der Waals surface area contributed by atoms with Crippen LogP contribution in [0.5, 0.6) is 0 Å². The molecule has 0 radical (unpaired) electrons. The van der Waals surface area contributed by atoms with E-state index >= 15 is 0 Å². The first-order valence-electron chi connectivity index (χ1n) is 5.41. The van der Waals surface area contributed by atoms with Crippen LogP contribution in [0.2, 0.25) is 0 Å². The summed E-state index contributed by atoms with van der Waals surface area (Å²) in [6.07, 6.45) is 0. The summed E-state index contributed by atoms with van der Waals surface area (Å²) in [4.78, 5) is 4.88. The van der Waals surface area contributed by atoms with Crippen LogP contribution < -0.4 is 0 Å². The molecule has 0 atom stereocenters. The highest BCUT2D eigenvalue weighted by atomic mass is 15.3. The van der Waals surface area contributed by atoms with Crippen LogP contribution >= 0.6 is 0 Å². The molecule has 1 aliphatic heterocycles. The lowest BCUT2D eigenvalue weighted by Gasteiger charge is -2.42. The van der Waals surface area contributed by atoms with Crippen LogP contribution in [0.1, 0.15) is 27.7 Å². The summed E-state index contributed by atoms with van der Waals surface area (Å²) in [5, 5.41) is 7.45. The van der Waals surface area contributed by atoms with Crippen molar-refractivity contribution in [3.05, 3.63) is 0 Å². The maximum atomic E-state index is 7.45. The van der Waals surface area contributed by atoms with E-state index in [1.807, 2.05) is 6.92 Å². The monoisotopic (exact) mass is 197 g/mol. The van der Waals surface area contributed by atoms with Gasteiger partial charge in [-0.2, -0.15) is 0 Å². The predicted octanol–water partition coefficient (Wildman–Crippen LogP) is 1.44. The Labute approximate surface area is 87.6 Å². The second kappa shape index (κ2) is 4.41. The molecule has 1 fully saturated rings. The largest absolute Gasteiger partial charge is 0.309 e. The van der Waals surface area contributed by atoms with Crippen molar-refractivity contribution < 1.29 is 0 Å². The molecule has 14 heavy (non-hydrogen) atoms. The van der Waals surface area contributed by atoms with E-state index in [2.05, 4.69) is 30.6 Å². The number of piperazine rings is 1. The van der Waals surface area contributed by atoms with Gasteiger partial charge in [-0.3, -0.25) is 9.80 Å². The summed E-state index contributed by atoms with van der Waals surface area (Å²) in [6.45, 7) is 14.0. The minimum atomic E-state index is 0.297. The van der Waals surface area contributed by atoms with E-state index in [4.69, 9.17) is 5.41 Å². The number of rotatable bonds is 2. The Kier molecular flexibility index (Phi) is 3.67. The Bertz CT molecular complexity index is 197. The lowest BCUT2D eigenvalue weighted by atomic mass is 10.0. The minimum Gasteiger partial charge on any atom is -0.309 e. The predicted molar refractivity (Wildman–Crippen MR) is 61.2 cm³/mol. The molecule has 0 unspecified atom stereocenters. The van der Waals surface area contributed by atoms with Gasteiger partial charge in [0.15, 0.2) is 0 Å². The van der Waals surface area contributed by atoms with Gasteiger partial charge in [0.05, 0.1) is 0 Å². The van der Waals surface area contributed by atoms with Crippen molar-refractivity contribution in [2.24, 2.45) is 0 Å². The Balaban J connectivity index is 2.35. The average Bonchev–Trinajstić information content (AvgIpc) is 2.02. The van der Waals surface area contributed by atoms with Crippen molar-refractivity contribution in [3.8, 4) is 0 Å². The molecule has 1 aliphatic rings. The molecular weight excluding hydrogens is 174 g/mol. The first-order valence-corrected chi connectivity index (χ1v) is 5.41. The zero-order chi connectivity index (χ0) is 10.8.